The maximum Gasteiger partial charge on any atom is 0.145 e. The molecule has 0 N–H and O–H groups in total. The number of rotatable bonds is 4. The van der Waals surface area contributed by atoms with Gasteiger partial charge < -0.3 is 9.47 Å². The molecule has 1 aliphatic heterocycles. The summed E-state index contributed by atoms with van der Waals surface area (Å²) in [7, 11) is 0. The van der Waals surface area contributed by atoms with Crippen molar-refractivity contribution in [3.8, 4) is 5.75 Å². The van der Waals surface area contributed by atoms with Crippen LogP contribution in [0, 0.1) is 0 Å². The van der Waals surface area contributed by atoms with Gasteiger partial charge in [0.05, 0.1) is 12.3 Å². The first-order valence-electron chi connectivity index (χ1n) is 5.61. The van der Waals surface area contributed by atoms with E-state index in [2.05, 4.69) is 11.6 Å². The summed E-state index contributed by atoms with van der Waals surface area (Å²) >= 11 is 0. The molecule has 2 rings (SSSR count). The first-order valence-corrected chi connectivity index (χ1v) is 5.61. The molecule has 1 atom stereocenters. The minimum atomic E-state index is 0.234. The molecule has 0 radical (unpaired) electrons. The van der Waals surface area contributed by atoms with Crippen molar-refractivity contribution in [2.24, 2.45) is 0 Å². The van der Waals surface area contributed by atoms with E-state index in [1.54, 1.807) is 12.4 Å². The summed E-state index contributed by atoms with van der Waals surface area (Å²) in [4.78, 5) is 4.07. The summed E-state index contributed by atoms with van der Waals surface area (Å²) in [5.74, 6) is 0.797. The van der Waals surface area contributed by atoms with Crippen molar-refractivity contribution in [3.05, 3.63) is 30.6 Å². The molecule has 0 aromatic carbocycles. The van der Waals surface area contributed by atoms with Crippen LogP contribution in [0.2, 0.25) is 0 Å². The lowest BCUT2D eigenvalue weighted by Gasteiger charge is -2.13. The van der Waals surface area contributed by atoms with Gasteiger partial charge in [-0.05, 0) is 31.4 Å². The first kappa shape index (κ1) is 11.1. The van der Waals surface area contributed by atoms with Gasteiger partial charge in [-0.2, -0.15) is 0 Å². The molecule has 1 aromatic heterocycles. The van der Waals surface area contributed by atoms with Crippen LogP contribution >= 0.6 is 0 Å². The Labute approximate surface area is 96.1 Å². The molecule has 1 saturated heterocycles. The zero-order valence-corrected chi connectivity index (χ0v) is 9.61. The Bertz CT molecular complexity index is 370. The minimum absolute atomic E-state index is 0.234. The fourth-order valence-corrected chi connectivity index (χ4v) is 1.81. The zero-order chi connectivity index (χ0) is 11.4. The van der Waals surface area contributed by atoms with Crippen LogP contribution in [0.1, 0.15) is 25.3 Å². The van der Waals surface area contributed by atoms with Crippen molar-refractivity contribution in [2.75, 3.05) is 13.2 Å². The van der Waals surface area contributed by atoms with Crippen LogP contribution in [-0.2, 0) is 4.74 Å². The molecule has 0 spiro atoms. The van der Waals surface area contributed by atoms with Crippen LogP contribution in [0.15, 0.2) is 25.0 Å². The minimum Gasteiger partial charge on any atom is -0.489 e. The van der Waals surface area contributed by atoms with Crippen molar-refractivity contribution in [3.63, 3.8) is 0 Å². The monoisotopic (exact) mass is 219 g/mol. The molecule has 0 amide bonds. The number of allylic oxidation sites excluding steroid dienone is 1. The third-order valence-electron chi connectivity index (χ3n) is 2.69. The van der Waals surface area contributed by atoms with Crippen LogP contribution in [0.25, 0.3) is 5.57 Å². The molecule has 1 aliphatic rings. The zero-order valence-electron chi connectivity index (χ0n) is 9.61. The van der Waals surface area contributed by atoms with E-state index in [4.69, 9.17) is 9.47 Å². The lowest BCUT2D eigenvalue weighted by Crippen LogP contribution is -2.16. The quantitative estimate of drug-likeness (QED) is 0.780. The summed E-state index contributed by atoms with van der Waals surface area (Å²) in [6.45, 7) is 7.35. The average Bonchev–Trinajstić information content (AvgIpc) is 2.79. The number of nitrogens with zero attached hydrogens (tertiary/aromatic N) is 1. The highest BCUT2D eigenvalue weighted by molar-refractivity contribution is 5.66. The van der Waals surface area contributed by atoms with Gasteiger partial charge >= 0.3 is 0 Å². The first-order chi connectivity index (χ1) is 7.77. The van der Waals surface area contributed by atoms with Crippen LogP contribution in [0.5, 0.6) is 5.75 Å². The van der Waals surface area contributed by atoms with Crippen LogP contribution < -0.4 is 4.74 Å². The van der Waals surface area contributed by atoms with E-state index in [-0.39, 0.29) is 6.10 Å². The second kappa shape index (κ2) is 5.12. The number of ether oxygens (including phenoxy) is 2. The van der Waals surface area contributed by atoms with Gasteiger partial charge in [-0.25, -0.2) is 0 Å². The molecule has 0 aliphatic carbocycles. The summed E-state index contributed by atoms with van der Waals surface area (Å²) in [6, 6.07) is 1.92. The lowest BCUT2D eigenvalue weighted by atomic mass is 10.1. The molecule has 0 saturated carbocycles. The predicted molar refractivity (Wildman–Crippen MR) is 63.4 cm³/mol. The molecule has 3 heteroatoms. The summed E-state index contributed by atoms with van der Waals surface area (Å²) in [6.07, 6.45) is 5.94. The molecular formula is C13H17NO2. The summed E-state index contributed by atoms with van der Waals surface area (Å²) in [5.41, 5.74) is 2.01. The Morgan fingerprint density at radius 2 is 2.56 bits per heavy atom. The van der Waals surface area contributed by atoms with E-state index >= 15 is 0 Å². The largest absolute Gasteiger partial charge is 0.489 e. The molecular weight excluding hydrogens is 202 g/mol. The van der Waals surface area contributed by atoms with Gasteiger partial charge in [-0.15, -0.1) is 0 Å². The number of hydrogen-bond acceptors (Lipinski definition) is 3. The lowest BCUT2D eigenvalue weighted by molar-refractivity contribution is 0.0677. The van der Waals surface area contributed by atoms with Gasteiger partial charge in [0.15, 0.2) is 0 Å². The molecule has 3 nitrogen and oxygen atoms in total. The Morgan fingerprint density at radius 3 is 3.25 bits per heavy atom. The van der Waals surface area contributed by atoms with E-state index in [0.29, 0.717) is 6.61 Å². The van der Waals surface area contributed by atoms with Crippen molar-refractivity contribution in [1.82, 2.24) is 4.98 Å². The maximum absolute atomic E-state index is 5.73. The van der Waals surface area contributed by atoms with E-state index in [1.165, 1.54) is 0 Å². The highest BCUT2D eigenvalue weighted by Crippen LogP contribution is 2.24. The second-order valence-corrected chi connectivity index (χ2v) is 4.10. The average molecular weight is 219 g/mol. The second-order valence-electron chi connectivity index (χ2n) is 4.10. The third kappa shape index (κ3) is 2.61. The molecule has 1 fully saturated rings. The Balaban J connectivity index is 2.00. The number of pyridine rings is 1. The molecule has 16 heavy (non-hydrogen) atoms. The molecule has 1 aromatic rings. The highest BCUT2D eigenvalue weighted by atomic mass is 16.5. The van der Waals surface area contributed by atoms with Gasteiger partial charge in [0.25, 0.3) is 0 Å². The van der Waals surface area contributed by atoms with Crippen LogP contribution in [0.4, 0.5) is 0 Å². The molecule has 86 valence electrons. The topological polar surface area (TPSA) is 31.4 Å². The third-order valence-corrected chi connectivity index (χ3v) is 2.69. The van der Waals surface area contributed by atoms with E-state index in [0.717, 1.165) is 36.3 Å². The smallest absolute Gasteiger partial charge is 0.145 e. The van der Waals surface area contributed by atoms with Crippen molar-refractivity contribution in [1.29, 1.82) is 0 Å². The predicted octanol–water partition coefficient (Wildman–Crippen LogP) is 2.67. The van der Waals surface area contributed by atoms with Crippen LogP contribution in [0.3, 0.4) is 0 Å². The van der Waals surface area contributed by atoms with E-state index in [9.17, 15) is 0 Å². The van der Waals surface area contributed by atoms with Gasteiger partial charge in [0, 0.05) is 18.4 Å². The van der Waals surface area contributed by atoms with E-state index in [1.807, 2.05) is 13.0 Å². The Hall–Kier alpha value is -1.35. The number of hydrogen-bond donors (Lipinski definition) is 0. The van der Waals surface area contributed by atoms with Crippen molar-refractivity contribution < 1.29 is 9.47 Å². The van der Waals surface area contributed by atoms with Gasteiger partial charge in [-0.1, -0.05) is 6.58 Å². The van der Waals surface area contributed by atoms with Gasteiger partial charge in [-0.3, -0.25) is 4.98 Å². The van der Waals surface area contributed by atoms with Gasteiger partial charge in [0.2, 0.25) is 0 Å². The van der Waals surface area contributed by atoms with Gasteiger partial charge in [0.1, 0.15) is 12.4 Å². The van der Waals surface area contributed by atoms with Crippen LogP contribution in [-0.4, -0.2) is 24.3 Å². The van der Waals surface area contributed by atoms with Crippen molar-refractivity contribution >= 4 is 5.57 Å². The summed E-state index contributed by atoms with van der Waals surface area (Å²) in [5, 5.41) is 0. The Kier molecular flexibility index (Phi) is 3.57. The molecule has 0 bridgehead atoms. The standard InChI is InChI=1S/C13H17NO2/c1-10(2)12-5-6-14-8-13(12)16-9-11-4-3-7-15-11/h5-6,8,11H,1,3-4,7,9H2,2H3. The number of aromatic nitrogens is 1. The fraction of sp³-hybridized carbons (Fsp3) is 0.462. The highest BCUT2D eigenvalue weighted by Gasteiger charge is 2.16. The molecule has 1 unspecified atom stereocenters. The Morgan fingerprint density at radius 1 is 1.69 bits per heavy atom. The maximum atomic E-state index is 5.73. The fourth-order valence-electron chi connectivity index (χ4n) is 1.81. The normalized spacial score (nSPS) is 19.7. The summed E-state index contributed by atoms with van der Waals surface area (Å²) < 4.78 is 11.2. The SMILES string of the molecule is C=C(C)c1ccncc1OCC1CCCO1. The van der Waals surface area contributed by atoms with E-state index < -0.39 is 0 Å². The molecule has 2 heterocycles. The van der Waals surface area contributed by atoms with Crippen molar-refractivity contribution in [2.45, 2.75) is 25.9 Å².